The van der Waals surface area contributed by atoms with Crippen LogP contribution in [-0.2, 0) is 19.7 Å². The lowest BCUT2D eigenvalue weighted by Crippen LogP contribution is -2.31. The van der Waals surface area contributed by atoms with Crippen molar-refractivity contribution in [2.45, 2.75) is 5.60 Å². The van der Waals surface area contributed by atoms with Gasteiger partial charge in [0.25, 0.3) is 5.56 Å². The highest BCUT2D eigenvalue weighted by atomic mass is 35.5. The van der Waals surface area contributed by atoms with Crippen LogP contribution < -0.4 is 5.56 Å². The molecule has 3 aromatic heterocycles. The summed E-state index contributed by atoms with van der Waals surface area (Å²) in [6.45, 7) is 0. The second-order valence-electron chi connectivity index (χ2n) is 8.14. The minimum absolute atomic E-state index is 0.170. The van der Waals surface area contributed by atoms with Gasteiger partial charge in [-0.15, -0.1) is 0 Å². The van der Waals surface area contributed by atoms with Gasteiger partial charge in [0.05, 0.1) is 29.4 Å². The highest BCUT2D eigenvalue weighted by molar-refractivity contribution is 6.30. The number of aromatic nitrogens is 4. The number of aryl methyl sites for hydroxylation is 2. The third-order valence-corrected chi connectivity index (χ3v) is 6.57. The largest absolute Gasteiger partial charge is 0.374 e. The van der Waals surface area contributed by atoms with Gasteiger partial charge in [0.2, 0.25) is 0 Å². The molecule has 0 radical (unpaired) electrons. The number of benzene rings is 2. The molecular weight excluding hydrogens is 471 g/mol. The molecule has 0 aliphatic carbocycles. The van der Waals surface area contributed by atoms with Gasteiger partial charge in [-0.2, -0.15) is 0 Å². The maximum atomic E-state index is 12.7. The van der Waals surface area contributed by atoms with Crippen LogP contribution >= 0.6 is 23.2 Å². The van der Waals surface area contributed by atoms with Gasteiger partial charge in [0.15, 0.2) is 5.60 Å². The number of rotatable bonds is 4. The SMILES string of the molecule is Cn1cncc1[C@@](O)(c1ccc(Cl)cc1)c1ccc2c(c1)c(-c1cccc(Cl)n1)cc(=O)n2C. The summed E-state index contributed by atoms with van der Waals surface area (Å²) in [6.07, 6.45) is 3.28. The van der Waals surface area contributed by atoms with Crippen LogP contribution in [0.5, 0.6) is 0 Å². The topological polar surface area (TPSA) is 72.9 Å². The van der Waals surface area contributed by atoms with E-state index < -0.39 is 5.60 Å². The van der Waals surface area contributed by atoms with E-state index in [4.69, 9.17) is 23.2 Å². The Balaban J connectivity index is 1.84. The fourth-order valence-corrected chi connectivity index (χ4v) is 4.61. The highest BCUT2D eigenvalue weighted by Gasteiger charge is 2.37. The van der Waals surface area contributed by atoms with Crippen molar-refractivity contribution in [3.63, 3.8) is 0 Å². The number of imidazole rings is 1. The van der Waals surface area contributed by atoms with E-state index in [2.05, 4.69) is 9.97 Å². The van der Waals surface area contributed by atoms with Crippen LogP contribution in [0.4, 0.5) is 0 Å². The Bertz CT molecular complexity index is 1590. The zero-order valence-corrected chi connectivity index (χ0v) is 19.9. The van der Waals surface area contributed by atoms with Gasteiger partial charge in [-0.1, -0.05) is 47.5 Å². The van der Waals surface area contributed by atoms with Crippen molar-refractivity contribution in [1.29, 1.82) is 0 Å². The van der Waals surface area contributed by atoms with E-state index in [0.29, 0.717) is 43.8 Å². The summed E-state index contributed by atoms with van der Waals surface area (Å²) in [5, 5.41) is 13.9. The Kier molecular flexibility index (Phi) is 5.52. The maximum Gasteiger partial charge on any atom is 0.251 e. The number of aliphatic hydroxyl groups is 1. The monoisotopic (exact) mass is 490 g/mol. The predicted molar refractivity (Wildman–Crippen MR) is 134 cm³/mol. The molecule has 0 saturated heterocycles. The highest BCUT2D eigenvalue weighted by Crippen LogP contribution is 2.39. The fraction of sp³-hybridized carbons (Fsp3) is 0.115. The van der Waals surface area contributed by atoms with Crippen molar-refractivity contribution in [2.24, 2.45) is 14.1 Å². The first-order valence-corrected chi connectivity index (χ1v) is 11.3. The Morgan fingerprint density at radius 2 is 1.68 bits per heavy atom. The van der Waals surface area contributed by atoms with Crippen molar-refractivity contribution >= 4 is 34.1 Å². The summed E-state index contributed by atoms with van der Waals surface area (Å²) in [6, 6.07) is 19.4. The molecule has 8 heteroatoms. The normalized spacial score (nSPS) is 13.2. The third-order valence-electron chi connectivity index (χ3n) is 6.10. The minimum atomic E-state index is -1.53. The number of pyridine rings is 2. The number of hydrogen-bond acceptors (Lipinski definition) is 4. The van der Waals surface area contributed by atoms with Crippen molar-refractivity contribution < 1.29 is 5.11 Å². The van der Waals surface area contributed by atoms with Crippen LogP contribution in [0.15, 0.2) is 84.0 Å². The van der Waals surface area contributed by atoms with Gasteiger partial charge < -0.3 is 14.2 Å². The van der Waals surface area contributed by atoms with E-state index in [-0.39, 0.29) is 5.56 Å². The van der Waals surface area contributed by atoms with Crippen molar-refractivity contribution in [1.82, 2.24) is 19.1 Å². The van der Waals surface area contributed by atoms with E-state index in [1.165, 1.54) is 6.07 Å². The molecule has 0 saturated carbocycles. The van der Waals surface area contributed by atoms with Crippen molar-refractivity contribution in [3.8, 4) is 11.3 Å². The van der Waals surface area contributed by atoms with Crippen LogP contribution in [0.1, 0.15) is 16.8 Å². The van der Waals surface area contributed by atoms with E-state index in [1.807, 2.05) is 25.2 Å². The van der Waals surface area contributed by atoms with Gasteiger partial charge in [-0.05, 0) is 47.5 Å². The molecule has 0 bridgehead atoms. The molecule has 0 aliphatic rings. The summed E-state index contributed by atoms with van der Waals surface area (Å²) in [5.41, 5.74) is 2.03. The molecule has 170 valence electrons. The summed E-state index contributed by atoms with van der Waals surface area (Å²) in [5.74, 6) is 0. The minimum Gasteiger partial charge on any atom is -0.374 e. The smallest absolute Gasteiger partial charge is 0.251 e. The Labute approximate surface area is 205 Å². The van der Waals surface area contributed by atoms with Crippen molar-refractivity contribution in [2.75, 3.05) is 0 Å². The number of nitrogens with zero attached hydrogens (tertiary/aromatic N) is 4. The van der Waals surface area contributed by atoms with Crippen LogP contribution in [-0.4, -0.2) is 24.2 Å². The lowest BCUT2D eigenvalue weighted by molar-refractivity contribution is 0.117. The van der Waals surface area contributed by atoms with E-state index in [0.717, 1.165) is 5.39 Å². The average Bonchev–Trinajstić information content (AvgIpc) is 3.27. The predicted octanol–water partition coefficient (Wildman–Crippen LogP) is 4.93. The van der Waals surface area contributed by atoms with Crippen LogP contribution in [0.2, 0.25) is 10.2 Å². The van der Waals surface area contributed by atoms with Gasteiger partial charge in [-0.25, -0.2) is 9.97 Å². The first-order valence-electron chi connectivity index (χ1n) is 10.5. The fourth-order valence-electron chi connectivity index (χ4n) is 4.32. The number of hydrogen-bond donors (Lipinski definition) is 1. The molecular formula is C26H20Cl2N4O2. The standard InChI is InChI=1S/C26H20Cl2N4O2/c1-31-15-29-14-23(31)26(34,16-6-9-18(27)10-7-16)17-8-11-22-20(12-17)19(13-25(33)32(22)2)21-4-3-5-24(28)30-21/h3-15,34H,1-2H3/t26-/m1/s1. The zero-order chi connectivity index (χ0) is 24.0. The molecule has 0 amide bonds. The second-order valence-corrected chi connectivity index (χ2v) is 8.96. The second kappa shape index (κ2) is 8.40. The van der Waals surface area contributed by atoms with E-state index in [1.54, 1.807) is 71.2 Å². The summed E-state index contributed by atoms with van der Waals surface area (Å²) in [7, 11) is 3.54. The zero-order valence-electron chi connectivity index (χ0n) is 18.4. The molecule has 5 rings (SSSR count). The molecule has 1 atom stereocenters. The third kappa shape index (κ3) is 3.60. The van der Waals surface area contributed by atoms with Gasteiger partial charge >= 0.3 is 0 Å². The first-order chi connectivity index (χ1) is 16.3. The average molecular weight is 491 g/mol. The van der Waals surface area contributed by atoms with E-state index >= 15 is 0 Å². The molecule has 34 heavy (non-hydrogen) atoms. The molecule has 1 N–H and O–H groups in total. The quantitative estimate of drug-likeness (QED) is 0.362. The lowest BCUT2D eigenvalue weighted by Gasteiger charge is -2.30. The molecule has 0 aliphatic heterocycles. The van der Waals surface area contributed by atoms with Crippen LogP contribution in [0.3, 0.4) is 0 Å². The molecule has 6 nitrogen and oxygen atoms in total. The number of fused-ring (bicyclic) bond motifs is 1. The Hall–Kier alpha value is -3.45. The molecule has 0 fully saturated rings. The van der Waals surface area contributed by atoms with Crippen LogP contribution in [0.25, 0.3) is 22.2 Å². The lowest BCUT2D eigenvalue weighted by atomic mass is 9.82. The van der Waals surface area contributed by atoms with Gasteiger partial charge in [0.1, 0.15) is 5.15 Å². The Morgan fingerprint density at radius 3 is 2.35 bits per heavy atom. The maximum absolute atomic E-state index is 12.7. The summed E-state index contributed by atoms with van der Waals surface area (Å²) >= 11 is 12.3. The molecule has 5 aromatic rings. The van der Waals surface area contributed by atoms with E-state index in [9.17, 15) is 9.90 Å². The first kappa shape index (κ1) is 22.3. The molecule has 0 unspecified atom stereocenters. The molecule has 0 spiro atoms. The number of halogens is 2. The molecule has 2 aromatic carbocycles. The van der Waals surface area contributed by atoms with Gasteiger partial charge in [0, 0.05) is 36.1 Å². The Morgan fingerprint density at radius 1 is 0.941 bits per heavy atom. The van der Waals surface area contributed by atoms with Crippen molar-refractivity contribution in [3.05, 3.63) is 117 Å². The van der Waals surface area contributed by atoms with Gasteiger partial charge in [-0.3, -0.25) is 4.79 Å². The molecule has 3 heterocycles. The van der Waals surface area contributed by atoms with Crippen LogP contribution in [0, 0.1) is 0 Å². The summed E-state index contributed by atoms with van der Waals surface area (Å²) < 4.78 is 3.34. The summed E-state index contributed by atoms with van der Waals surface area (Å²) in [4.78, 5) is 21.3.